The van der Waals surface area contributed by atoms with E-state index >= 15 is 0 Å². The molecule has 3 aromatic heterocycles. The van der Waals surface area contributed by atoms with Gasteiger partial charge in [-0.25, -0.2) is 9.97 Å². The van der Waals surface area contributed by atoms with Gasteiger partial charge in [0.25, 0.3) is 5.56 Å². The van der Waals surface area contributed by atoms with Crippen LogP contribution in [0.5, 0.6) is 0 Å². The van der Waals surface area contributed by atoms with E-state index in [4.69, 9.17) is 9.97 Å². The van der Waals surface area contributed by atoms with E-state index in [1.165, 1.54) is 0 Å². The maximum absolute atomic E-state index is 14.4. The molecule has 0 atom stereocenters. The second kappa shape index (κ2) is 8.75. The molecule has 8 rings (SSSR count). The zero-order valence-electron chi connectivity index (χ0n) is 21.4. The topological polar surface area (TPSA) is 52.7 Å². The lowest BCUT2D eigenvalue weighted by Crippen LogP contribution is -2.19. The minimum atomic E-state index is -0.0704. The summed E-state index contributed by atoms with van der Waals surface area (Å²) in [4.78, 5) is 24.6. The van der Waals surface area contributed by atoms with Gasteiger partial charge < -0.3 is 0 Å². The van der Waals surface area contributed by atoms with Crippen molar-refractivity contribution in [2.45, 2.75) is 0 Å². The average molecular weight is 515 g/mol. The number of para-hydroxylation sites is 4. The second-order valence-electron chi connectivity index (χ2n) is 9.82. The van der Waals surface area contributed by atoms with Crippen LogP contribution in [0.2, 0.25) is 0 Å². The monoisotopic (exact) mass is 514 g/mol. The molecule has 3 heterocycles. The van der Waals surface area contributed by atoms with Gasteiger partial charge in [-0.2, -0.15) is 0 Å². The molecule has 0 aliphatic carbocycles. The van der Waals surface area contributed by atoms with Crippen LogP contribution in [0, 0.1) is 0 Å². The lowest BCUT2D eigenvalue weighted by molar-refractivity contribution is 1.01. The Labute approximate surface area is 229 Å². The Kier molecular flexibility index (Phi) is 4.91. The molecule has 0 radical (unpaired) electrons. The van der Waals surface area contributed by atoms with Crippen LogP contribution in [0.3, 0.4) is 0 Å². The van der Waals surface area contributed by atoms with Gasteiger partial charge >= 0.3 is 0 Å². The predicted octanol–water partition coefficient (Wildman–Crippen LogP) is 7.70. The molecular weight excluding hydrogens is 492 g/mol. The summed E-state index contributed by atoms with van der Waals surface area (Å²) in [5.74, 6) is 0.533. The Bertz CT molecular complexity index is 2280. The van der Waals surface area contributed by atoms with Crippen molar-refractivity contribution in [2.24, 2.45) is 0 Å². The Morgan fingerprint density at radius 3 is 1.82 bits per heavy atom. The third-order valence-corrected chi connectivity index (χ3v) is 7.54. The summed E-state index contributed by atoms with van der Waals surface area (Å²) in [6, 6.07) is 44.2. The van der Waals surface area contributed by atoms with E-state index in [9.17, 15) is 4.79 Å². The van der Waals surface area contributed by atoms with Crippen LogP contribution in [0.25, 0.3) is 66.5 Å². The van der Waals surface area contributed by atoms with Crippen LogP contribution in [-0.4, -0.2) is 19.1 Å². The average Bonchev–Trinajstić information content (AvgIpc) is 3.37. The first-order valence-corrected chi connectivity index (χ1v) is 13.2. The number of pyridine rings is 1. The van der Waals surface area contributed by atoms with E-state index in [1.807, 2.05) is 114 Å². The number of rotatable bonds is 3. The molecule has 5 nitrogen and oxygen atoms in total. The molecule has 0 aliphatic rings. The molecule has 0 N–H and O–H groups in total. The number of hydrogen-bond donors (Lipinski definition) is 0. The van der Waals surface area contributed by atoms with E-state index in [1.54, 1.807) is 0 Å². The van der Waals surface area contributed by atoms with Crippen molar-refractivity contribution in [2.75, 3.05) is 0 Å². The summed E-state index contributed by atoms with van der Waals surface area (Å²) in [6.45, 7) is 0. The van der Waals surface area contributed by atoms with Crippen LogP contribution in [0.4, 0.5) is 0 Å². The van der Waals surface area contributed by atoms with E-state index in [-0.39, 0.29) is 5.56 Å². The van der Waals surface area contributed by atoms with Gasteiger partial charge in [0.15, 0.2) is 0 Å². The zero-order valence-corrected chi connectivity index (χ0v) is 21.4. The first-order valence-electron chi connectivity index (χ1n) is 13.2. The lowest BCUT2D eigenvalue weighted by atomic mass is 10.1. The van der Waals surface area contributed by atoms with Crippen LogP contribution < -0.4 is 5.56 Å². The predicted molar refractivity (Wildman–Crippen MR) is 162 cm³/mol. The smallest absolute Gasteiger partial charge is 0.265 e. The highest BCUT2D eigenvalue weighted by molar-refractivity contribution is 6.17. The van der Waals surface area contributed by atoms with Gasteiger partial charge in [0.1, 0.15) is 0 Å². The summed E-state index contributed by atoms with van der Waals surface area (Å²) in [6.07, 6.45) is 0. The molecular formula is C35H22N4O. The summed E-state index contributed by atoms with van der Waals surface area (Å²) >= 11 is 0. The largest absolute Gasteiger partial charge is 0.277 e. The summed E-state index contributed by atoms with van der Waals surface area (Å²) in [5, 5.41) is 3.46. The maximum Gasteiger partial charge on any atom is 0.265 e. The number of benzene rings is 5. The third-order valence-electron chi connectivity index (χ3n) is 7.54. The standard InChI is InChI=1S/C35H22N4O/c40-34-31-26-18-8-11-21-29(26)39(33(31)27-19-9-12-22-30(27)38(34)24-15-5-2-6-16-24)35-36-28-20-10-7-17-25(28)32(37-35)23-13-3-1-4-14-23/h1-22H. The van der Waals surface area contributed by atoms with Gasteiger partial charge in [0.2, 0.25) is 5.95 Å². The van der Waals surface area contributed by atoms with Crippen LogP contribution in [0.15, 0.2) is 138 Å². The Morgan fingerprint density at radius 2 is 1.07 bits per heavy atom. The third kappa shape index (κ3) is 3.25. The van der Waals surface area contributed by atoms with Crippen molar-refractivity contribution in [1.29, 1.82) is 0 Å². The minimum Gasteiger partial charge on any atom is -0.277 e. The molecule has 0 saturated carbocycles. The van der Waals surface area contributed by atoms with Gasteiger partial charge in [-0.3, -0.25) is 13.9 Å². The summed E-state index contributed by atoms with van der Waals surface area (Å²) < 4.78 is 3.87. The quantitative estimate of drug-likeness (QED) is 0.243. The fourth-order valence-corrected chi connectivity index (χ4v) is 5.82. The van der Waals surface area contributed by atoms with E-state index < -0.39 is 0 Å². The molecule has 40 heavy (non-hydrogen) atoms. The van der Waals surface area contributed by atoms with Crippen molar-refractivity contribution in [1.82, 2.24) is 19.1 Å². The van der Waals surface area contributed by atoms with Crippen LogP contribution >= 0.6 is 0 Å². The Hall–Kier alpha value is -5.55. The molecule has 188 valence electrons. The maximum atomic E-state index is 14.4. The van der Waals surface area contributed by atoms with Gasteiger partial charge in [-0.05, 0) is 30.3 Å². The highest BCUT2D eigenvalue weighted by Crippen LogP contribution is 2.36. The first kappa shape index (κ1) is 22.4. The van der Waals surface area contributed by atoms with Crippen molar-refractivity contribution in [3.8, 4) is 22.9 Å². The number of nitrogens with zero attached hydrogens (tertiary/aromatic N) is 4. The van der Waals surface area contributed by atoms with Gasteiger partial charge in [-0.1, -0.05) is 103 Å². The molecule has 5 heteroatoms. The molecule has 0 fully saturated rings. The second-order valence-corrected chi connectivity index (χ2v) is 9.82. The normalized spacial score (nSPS) is 11.6. The van der Waals surface area contributed by atoms with Crippen LogP contribution in [-0.2, 0) is 0 Å². The van der Waals surface area contributed by atoms with Crippen molar-refractivity contribution >= 4 is 43.6 Å². The Balaban J connectivity index is 1.58. The zero-order chi connectivity index (χ0) is 26.6. The number of aromatic nitrogens is 4. The SMILES string of the molecule is O=c1c2c3ccccc3n(-c3nc(-c4ccccc4)c4ccccc4n3)c2c2ccccc2n1-c1ccccc1. The molecule has 8 aromatic rings. The van der Waals surface area contributed by atoms with E-state index in [0.717, 1.165) is 55.2 Å². The summed E-state index contributed by atoms with van der Waals surface area (Å²) in [7, 11) is 0. The van der Waals surface area contributed by atoms with E-state index in [0.29, 0.717) is 11.3 Å². The lowest BCUT2D eigenvalue weighted by Gasteiger charge is -2.14. The van der Waals surface area contributed by atoms with E-state index in [2.05, 4.69) is 28.8 Å². The molecule has 5 aromatic carbocycles. The minimum absolute atomic E-state index is 0.0704. The van der Waals surface area contributed by atoms with Crippen molar-refractivity contribution < 1.29 is 0 Å². The Morgan fingerprint density at radius 1 is 0.500 bits per heavy atom. The number of fused-ring (bicyclic) bond motifs is 6. The van der Waals surface area contributed by atoms with Gasteiger partial charge in [-0.15, -0.1) is 0 Å². The first-order chi connectivity index (χ1) is 19.8. The highest BCUT2D eigenvalue weighted by atomic mass is 16.1. The van der Waals surface area contributed by atoms with Crippen molar-refractivity contribution in [3.63, 3.8) is 0 Å². The molecule has 0 aliphatic heterocycles. The van der Waals surface area contributed by atoms with Crippen LogP contribution in [0.1, 0.15) is 0 Å². The fourth-order valence-electron chi connectivity index (χ4n) is 5.82. The molecule has 0 spiro atoms. The van der Waals surface area contributed by atoms with Gasteiger partial charge in [0, 0.05) is 27.4 Å². The molecule has 0 amide bonds. The summed E-state index contributed by atoms with van der Waals surface area (Å²) in [5.41, 5.74) is 6.00. The number of hydrogen-bond acceptors (Lipinski definition) is 3. The van der Waals surface area contributed by atoms with Crippen molar-refractivity contribution in [3.05, 3.63) is 144 Å². The molecule has 0 unspecified atom stereocenters. The highest BCUT2D eigenvalue weighted by Gasteiger charge is 2.23. The molecule has 0 saturated heterocycles. The van der Waals surface area contributed by atoms with Gasteiger partial charge in [0.05, 0.1) is 33.1 Å². The molecule has 0 bridgehead atoms. The fraction of sp³-hybridized carbons (Fsp3) is 0.